The van der Waals surface area contributed by atoms with Gasteiger partial charge in [0.2, 0.25) is 0 Å². The van der Waals surface area contributed by atoms with E-state index in [-0.39, 0.29) is 77.8 Å². The van der Waals surface area contributed by atoms with E-state index < -0.39 is 96.6 Å². The van der Waals surface area contributed by atoms with E-state index in [9.17, 15) is 58.8 Å². The summed E-state index contributed by atoms with van der Waals surface area (Å²) in [5.74, 6) is -1.52. The first-order valence-corrected chi connectivity index (χ1v) is 43.5. The van der Waals surface area contributed by atoms with Crippen LogP contribution in [0.15, 0.2) is 194 Å². The fourth-order valence-electron chi connectivity index (χ4n) is 13.0. The van der Waals surface area contributed by atoms with Gasteiger partial charge in [0.05, 0.1) is 28.4 Å². The van der Waals surface area contributed by atoms with Crippen molar-refractivity contribution in [2.75, 3.05) is 137 Å². The minimum absolute atomic E-state index is 0.158. The standard InChI is InChI=1S/4C25H33NO7/c4*1-26(2)16-21(33-24(28)15-14-22(27)25(29)30)17-32-23-7-5-4-6-19(23)11-8-18-9-12-20(31-3)13-10-18/h4*4-7,9-10,12-13,21-22,27H,8,11,14-17H2,1-3H3,(H,29,30)/t21-,22+;2*21-,22-;/m110./s1. The minimum atomic E-state index is -1.58. The number of benzene rings is 8. The molecule has 132 heavy (non-hydrogen) atoms. The third-order valence-corrected chi connectivity index (χ3v) is 20.1. The summed E-state index contributed by atoms with van der Waals surface area (Å²) in [6.45, 7) is 2.41. The second-order valence-electron chi connectivity index (χ2n) is 32.1. The molecule has 8 aromatic carbocycles. The number of nitrogens with zero attached hydrogens (tertiary/aromatic N) is 4. The molecule has 0 saturated carbocycles. The van der Waals surface area contributed by atoms with E-state index in [1.807, 2.05) is 270 Å². The third kappa shape index (κ3) is 45.4. The summed E-state index contributed by atoms with van der Waals surface area (Å²) in [4.78, 5) is 98.9. The molecule has 0 spiro atoms. The number of aliphatic hydroxyl groups is 4. The average molecular weight is 1840 g/mol. The van der Waals surface area contributed by atoms with Gasteiger partial charge in [-0.3, -0.25) is 19.2 Å². The largest absolute Gasteiger partial charge is 0.497 e. The zero-order valence-corrected chi connectivity index (χ0v) is 77.6. The molecule has 0 aliphatic carbocycles. The van der Waals surface area contributed by atoms with E-state index in [1.165, 1.54) is 22.3 Å². The molecule has 720 valence electrons. The molecule has 32 heteroatoms. The highest BCUT2D eigenvalue weighted by Gasteiger charge is 2.27. The number of aliphatic hydroxyl groups excluding tert-OH is 4. The lowest BCUT2D eigenvalue weighted by atomic mass is 10.0. The lowest BCUT2D eigenvalue weighted by Crippen LogP contribution is -2.35. The van der Waals surface area contributed by atoms with Crippen molar-refractivity contribution < 1.29 is 136 Å². The van der Waals surface area contributed by atoms with Crippen LogP contribution in [0.5, 0.6) is 46.0 Å². The van der Waals surface area contributed by atoms with Gasteiger partial charge >= 0.3 is 47.8 Å². The molecular formula is C100H132N4O28. The molecule has 0 aromatic heterocycles. The van der Waals surface area contributed by atoms with Gasteiger partial charge in [-0.1, -0.05) is 121 Å². The Bertz CT molecular complexity index is 4120. The molecule has 0 saturated heterocycles. The smallest absolute Gasteiger partial charge is 0.332 e. The van der Waals surface area contributed by atoms with Crippen LogP contribution in [0.3, 0.4) is 0 Å². The highest BCUT2D eigenvalue weighted by Crippen LogP contribution is 2.28. The number of carboxylic acid groups (broad SMARTS) is 4. The number of methoxy groups -OCH3 is 4. The molecule has 8 rings (SSSR count). The van der Waals surface area contributed by atoms with E-state index in [1.54, 1.807) is 28.4 Å². The summed E-state index contributed by atoms with van der Waals surface area (Å²) < 4.78 is 66.8. The van der Waals surface area contributed by atoms with Crippen LogP contribution in [-0.2, 0) is 109 Å². The van der Waals surface area contributed by atoms with Crippen molar-refractivity contribution in [1.29, 1.82) is 0 Å². The zero-order valence-electron chi connectivity index (χ0n) is 77.6. The highest BCUT2D eigenvalue weighted by molar-refractivity contribution is 5.76. The van der Waals surface area contributed by atoms with Crippen molar-refractivity contribution in [2.45, 2.75) is 152 Å². The van der Waals surface area contributed by atoms with Gasteiger partial charge in [0.15, 0.2) is 24.4 Å². The molecule has 0 aliphatic rings. The van der Waals surface area contributed by atoms with Gasteiger partial charge in [-0.25, -0.2) is 19.2 Å². The number of esters is 4. The normalized spacial score (nSPS) is 12.8. The maximum absolute atomic E-state index is 12.1. The number of para-hydroxylation sites is 4. The van der Waals surface area contributed by atoms with Crippen molar-refractivity contribution >= 4 is 47.8 Å². The molecular weight excluding hydrogens is 1710 g/mol. The van der Waals surface area contributed by atoms with Crippen molar-refractivity contribution in [3.05, 3.63) is 239 Å². The van der Waals surface area contributed by atoms with Crippen LogP contribution in [0.2, 0.25) is 0 Å². The second-order valence-corrected chi connectivity index (χ2v) is 32.1. The number of carbonyl (C=O) groups excluding carboxylic acids is 4. The molecule has 0 heterocycles. The number of hydrogen-bond acceptors (Lipinski definition) is 28. The lowest BCUT2D eigenvalue weighted by molar-refractivity contribution is -0.155. The predicted molar refractivity (Wildman–Crippen MR) is 495 cm³/mol. The molecule has 8 N–H and O–H groups in total. The number of carboxylic acids is 4. The molecule has 8 aromatic rings. The van der Waals surface area contributed by atoms with E-state index >= 15 is 0 Å². The third-order valence-electron chi connectivity index (χ3n) is 20.1. The number of carbonyl (C=O) groups is 8. The van der Waals surface area contributed by atoms with Crippen LogP contribution in [-0.4, -0.2) is 294 Å². The quantitative estimate of drug-likeness (QED) is 0.0130. The SMILES string of the molecule is COc1ccc(CCc2ccccc2OCC(CN(C)C)OC(=O)CCC(O)C(=O)O)cc1.COc1ccc(CCc2ccccc2OC[C@@H](CN(C)C)OC(=O)CC[C@@H](O)C(=O)O)cc1.COc1ccc(CCc2ccccc2OC[C@@H](CN(C)C)OC(=O)CC[C@H](O)C(=O)O)cc1.COc1ccc(CCc2ccccc2OC[C@H](CN(C)C)OC(=O)CC[C@H](O)C(=O)O)cc1. The molecule has 0 amide bonds. The minimum Gasteiger partial charge on any atom is -0.497 e. The first-order chi connectivity index (χ1) is 63.1. The molecule has 0 bridgehead atoms. The molecule has 0 fully saturated rings. The topological polar surface area (TPSA) is 422 Å². The Balaban J connectivity index is 0.000000311. The Labute approximate surface area is 773 Å². The van der Waals surface area contributed by atoms with Crippen molar-refractivity contribution in [1.82, 2.24) is 19.6 Å². The first kappa shape index (κ1) is 110. The van der Waals surface area contributed by atoms with Gasteiger partial charge in [-0.2, -0.15) is 0 Å². The summed E-state index contributed by atoms with van der Waals surface area (Å²) in [6.07, 6.45) is -3.51. The number of hydrogen-bond donors (Lipinski definition) is 8. The summed E-state index contributed by atoms with van der Waals surface area (Å²) in [5.41, 5.74) is 8.95. The Hall–Kier alpha value is -12.4. The molecule has 32 nitrogen and oxygen atoms in total. The van der Waals surface area contributed by atoms with Gasteiger partial charge in [-0.15, -0.1) is 0 Å². The van der Waals surface area contributed by atoms with Crippen LogP contribution in [0.25, 0.3) is 0 Å². The van der Waals surface area contributed by atoms with Crippen molar-refractivity contribution in [3.63, 3.8) is 0 Å². The Kier molecular flexibility index (Phi) is 51.1. The number of aliphatic carboxylic acids is 4. The molecule has 0 radical (unpaired) electrons. The van der Waals surface area contributed by atoms with Crippen LogP contribution < -0.4 is 37.9 Å². The Morgan fingerprint density at radius 3 is 0.591 bits per heavy atom. The van der Waals surface area contributed by atoms with Gasteiger partial charge in [-0.05, 0) is 251 Å². The van der Waals surface area contributed by atoms with E-state index in [0.29, 0.717) is 26.2 Å². The van der Waals surface area contributed by atoms with Crippen LogP contribution >= 0.6 is 0 Å². The fourth-order valence-corrected chi connectivity index (χ4v) is 13.0. The van der Waals surface area contributed by atoms with Gasteiger partial charge < -0.3 is 117 Å². The van der Waals surface area contributed by atoms with E-state index in [4.69, 9.17) is 77.3 Å². The summed E-state index contributed by atoms with van der Waals surface area (Å²) >= 11 is 0. The Morgan fingerprint density at radius 1 is 0.258 bits per heavy atom. The summed E-state index contributed by atoms with van der Waals surface area (Å²) in [5, 5.41) is 72.4. The van der Waals surface area contributed by atoms with Gasteiger partial charge in [0.25, 0.3) is 0 Å². The van der Waals surface area contributed by atoms with Crippen LogP contribution in [0.4, 0.5) is 0 Å². The lowest BCUT2D eigenvalue weighted by Gasteiger charge is -2.22. The fraction of sp³-hybridized carbons (Fsp3) is 0.440. The van der Waals surface area contributed by atoms with E-state index in [0.717, 1.165) is 120 Å². The first-order valence-electron chi connectivity index (χ1n) is 43.5. The van der Waals surface area contributed by atoms with Crippen molar-refractivity contribution in [2.24, 2.45) is 0 Å². The molecule has 2 unspecified atom stereocenters. The predicted octanol–water partition coefficient (Wildman–Crippen LogP) is 10.2. The van der Waals surface area contributed by atoms with Crippen molar-refractivity contribution in [3.8, 4) is 46.0 Å². The maximum Gasteiger partial charge on any atom is 0.332 e. The Morgan fingerprint density at radius 2 is 0.432 bits per heavy atom. The van der Waals surface area contributed by atoms with Crippen LogP contribution in [0, 0.1) is 0 Å². The molecule has 0 aliphatic heterocycles. The second kappa shape index (κ2) is 61.3. The number of ether oxygens (including phenoxy) is 12. The number of aryl methyl sites for hydroxylation is 8. The van der Waals surface area contributed by atoms with E-state index in [2.05, 4.69) is 0 Å². The van der Waals surface area contributed by atoms with Crippen LogP contribution in [0.1, 0.15) is 95.9 Å². The summed E-state index contributed by atoms with van der Waals surface area (Å²) in [7, 11) is 21.4. The highest BCUT2D eigenvalue weighted by atomic mass is 16.6. The molecule has 8 atom stereocenters. The maximum atomic E-state index is 12.1. The van der Waals surface area contributed by atoms with Gasteiger partial charge in [0, 0.05) is 51.9 Å². The monoisotopic (exact) mass is 1840 g/mol. The number of rotatable bonds is 56. The zero-order chi connectivity index (χ0) is 96.9. The summed E-state index contributed by atoms with van der Waals surface area (Å²) in [6, 6.07) is 62.8. The number of likely N-dealkylation sites (N-methyl/N-ethyl adjacent to an activating group) is 4. The van der Waals surface area contributed by atoms with Gasteiger partial charge in [0.1, 0.15) is 96.8 Å². The average Bonchev–Trinajstić information content (AvgIpc) is 0.876.